The van der Waals surface area contributed by atoms with Gasteiger partial charge in [0.05, 0.1) is 41.7 Å². The lowest BCUT2D eigenvalue weighted by atomic mass is 9.95. The second-order valence-corrected chi connectivity index (χ2v) is 11.3. The second kappa shape index (κ2) is 14.0. The van der Waals surface area contributed by atoms with Crippen molar-refractivity contribution in [1.82, 2.24) is 4.57 Å². The summed E-state index contributed by atoms with van der Waals surface area (Å²) in [5.41, 5.74) is 2.88. The molecular weight excluding hydrogens is 600 g/mol. The predicted octanol–water partition coefficient (Wildman–Crippen LogP) is 5.83. The third-order valence-electron chi connectivity index (χ3n) is 6.91. The van der Waals surface area contributed by atoms with E-state index < -0.39 is 12.0 Å². The number of hydrogen-bond acceptors (Lipinski definition) is 8. The Morgan fingerprint density at radius 2 is 1.66 bits per heavy atom. The maximum Gasteiger partial charge on any atom is 0.338 e. The molecule has 10 heteroatoms. The van der Waals surface area contributed by atoms with E-state index >= 15 is 0 Å². The molecule has 0 saturated heterocycles. The molecule has 0 unspecified atom stereocenters. The minimum absolute atomic E-state index is 0.188. The summed E-state index contributed by atoms with van der Waals surface area (Å²) in [5.74, 6) is 1.21. The summed E-state index contributed by atoms with van der Waals surface area (Å²) in [6, 6.07) is 19.6. The zero-order valence-electron chi connectivity index (χ0n) is 25.0. The molecule has 0 radical (unpaired) electrons. The number of ether oxygens (including phenoxy) is 4. The van der Waals surface area contributed by atoms with E-state index in [1.807, 2.05) is 74.5 Å². The highest BCUT2D eigenvalue weighted by atomic mass is 35.5. The number of para-hydroxylation sites is 1. The van der Waals surface area contributed by atoms with E-state index in [2.05, 4.69) is 4.99 Å². The summed E-state index contributed by atoms with van der Waals surface area (Å²) in [6.45, 7) is 8.70. The van der Waals surface area contributed by atoms with E-state index in [9.17, 15) is 9.59 Å². The van der Waals surface area contributed by atoms with Crippen molar-refractivity contribution in [2.24, 2.45) is 4.99 Å². The lowest BCUT2D eigenvalue weighted by molar-refractivity contribution is -0.139. The Morgan fingerprint density at radius 1 is 0.932 bits per heavy atom. The molecule has 0 spiro atoms. The molecule has 1 aliphatic heterocycles. The Bertz CT molecular complexity index is 1880. The number of carbonyl (C=O) groups excluding carboxylic acids is 1. The van der Waals surface area contributed by atoms with Crippen LogP contribution in [-0.2, 0) is 16.1 Å². The highest BCUT2D eigenvalue weighted by Gasteiger charge is 2.34. The van der Waals surface area contributed by atoms with E-state index in [-0.39, 0.29) is 12.2 Å². The van der Waals surface area contributed by atoms with Crippen LogP contribution < -0.4 is 29.1 Å². The number of halogens is 1. The molecule has 5 rings (SSSR count). The van der Waals surface area contributed by atoms with Crippen molar-refractivity contribution < 1.29 is 23.7 Å². The fraction of sp³-hybridized carbons (Fsp3) is 0.265. The van der Waals surface area contributed by atoms with Crippen LogP contribution in [0.4, 0.5) is 0 Å². The van der Waals surface area contributed by atoms with Crippen LogP contribution >= 0.6 is 22.9 Å². The zero-order chi connectivity index (χ0) is 31.2. The fourth-order valence-corrected chi connectivity index (χ4v) is 6.12. The summed E-state index contributed by atoms with van der Waals surface area (Å²) >= 11 is 7.27. The van der Waals surface area contributed by atoms with E-state index in [0.29, 0.717) is 68.3 Å². The molecule has 4 aromatic rings. The van der Waals surface area contributed by atoms with Gasteiger partial charge in [0.25, 0.3) is 5.56 Å². The van der Waals surface area contributed by atoms with Crippen molar-refractivity contribution in [3.8, 4) is 17.2 Å². The molecule has 228 valence electrons. The average Bonchev–Trinajstić information content (AvgIpc) is 3.31. The molecule has 44 heavy (non-hydrogen) atoms. The van der Waals surface area contributed by atoms with Crippen LogP contribution in [-0.4, -0.2) is 30.4 Å². The standard InChI is InChI=1S/C34H33ClN2O6S/c1-5-40-27-17-14-24(18-28(27)41-6-2)31-30(33(39)42-7-3)21(4)36-34-37(31)32(38)29(44-34)19-23-10-8-9-11-26(23)43-20-22-12-15-25(35)16-13-22/h8-19,31H,5-7,20H2,1-4H3/b29-19-/t31-/m1/s1. The van der Waals surface area contributed by atoms with Gasteiger partial charge >= 0.3 is 5.97 Å². The van der Waals surface area contributed by atoms with Gasteiger partial charge in [0, 0.05) is 10.6 Å². The van der Waals surface area contributed by atoms with Gasteiger partial charge in [-0.15, -0.1) is 0 Å². The number of carbonyl (C=O) groups is 1. The summed E-state index contributed by atoms with van der Waals surface area (Å²) in [7, 11) is 0. The molecule has 1 aliphatic rings. The van der Waals surface area contributed by atoms with Crippen LogP contribution in [0.5, 0.6) is 17.2 Å². The van der Waals surface area contributed by atoms with Crippen molar-refractivity contribution in [1.29, 1.82) is 0 Å². The monoisotopic (exact) mass is 632 g/mol. The lowest BCUT2D eigenvalue weighted by Crippen LogP contribution is -2.40. The Labute approximate surface area is 264 Å². The first-order chi connectivity index (χ1) is 21.3. The van der Waals surface area contributed by atoms with Crippen LogP contribution in [0.15, 0.2) is 87.8 Å². The summed E-state index contributed by atoms with van der Waals surface area (Å²) in [6.07, 6.45) is 1.80. The normalized spacial score (nSPS) is 14.6. The highest BCUT2D eigenvalue weighted by molar-refractivity contribution is 7.07. The number of esters is 1. The van der Waals surface area contributed by atoms with Crippen molar-refractivity contribution in [2.45, 2.75) is 40.3 Å². The SMILES string of the molecule is CCOC(=O)C1=C(C)N=c2s/c(=C\c3ccccc3OCc3ccc(Cl)cc3)c(=O)n2[C@@H]1c1ccc(OCC)c(OCC)c1. The van der Waals surface area contributed by atoms with Gasteiger partial charge in [0.15, 0.2) is 16.3 Å². The number of rotatable bonds is 11. The van der Waals surface area contributed by atoms with Gasteiger partial charge in [-0.25, -0.2) is 9.79 Å². The van der Waals surface area contributed by atoms with E-state index in [4.69, 9.17) is 30.5 Å². The van der Waals surface area contributed by atoms with Crippen molar-refractivity contribution in [2.75, 3.05) is 19.8 Å². The lowest BCUT2D eigenvalue weighted by Gasteiger charge is -2.25. The fourth-order valence-electron chi connectivity index (χ4n) is 4.96. The Kier molecular flexibility index (Phi) is 9.87. The van der Waals surface area contributed by atoms with Gasteiger partial charge in [-0.2, -0.15) is 0 Å². The smallest absolute Gasteiger partial charge is 0.338 e. The Balaban J connectivity index is 1.61. The average molecular weight is 633 g/mol. The van der Waals surface area contributed by atoms with Gasteiger partial charge < -0.3 is 18.9 Å². The third-order valence-corrected chi connectivity index (χ3v) is 8.15. The maximum atomic E-state index is 14.1. The van der Waals surface area contributed by atoms with Gasteiger partial charge in [-0.3, -0.25) is 9.36 Å². The summed E-state index contributed by atoms with van der Waals surface area (Å²) in [5, 5.41) is 0.656. The van der Waals surface area contributed by atoms with Crippen molar-refractivity contribution in [3.05, 3.63) is 119 Å². The quantitative estimate of drug-likeness (QED) is 0.193. The van der Waals surface area contributed by atoms with Crippen LogP contribution in [0.2, 0.25) is 5.02 Å². The molecule has 0 amide bonds. The first-order valence-corrected chi connectivity index (χ1v) is 15.6. The molecule has 0 saturated carbocycles. The molecule has 3 aromatic carbocycles. The highest BCUT2D eigenvalue weighted by Crippen LogP contribution is 2.36. The molecule has 0 fully saturated rings. The molecule has 0 aliphatic carbocycles. The predicted molar refractivity (Wildman–Crippen MR) is 171 cm³/mol. The molecule has 2 heterocycles. The van der Waals surface area contributed by atoms with Gasteiger partial charge in [-0.05, 0) is 75.2 Å². The number of fused-ring (bicyclic) bond motifs is 1. The van der Waals surface area contributed by atoms with Crippen LogP contribution in [0.3, 0.4) is 0 Å². The topological polar surface area (TPSA) is 88.4 Å². The van der Waals surface area contributed by atoms with Crippen LogP contribution in [0.25, 0.3) is 6.08 Å². The first kappa shape index (κ1) is 31.1. The molecule has 8 nitrogen and oxygen atoms in total. The van der Waals surface area contributed by atoms with Crippen LogP contribution in [0.1, 0.15) is 50.4 Å². The van der Waals surface area contributed by atoms with Crippen molar-refractivity contribution in [3.63, 3.8) is 0 Å². The van der Waals surface area contributed by atoms with Crippen LogP contribution in [0, 0.1) is 0 Å². The molecule has 0 N–H and O–H groups in total. The molecule has 0 bridgehead atoms. The van der Waals surface area contributed by atoms with Gasteiger partial charge in [0.1, 0.15) is 12.4 Å². The third kappa shape index (κ3) is 6.59. The number of aromatic nitrogens is 1. The Hall–Kier alpha value is -4.34. The summed E-state index contributed by atoms with van der Waals surface area (Å²) in [4.78, 5) is 32.6. The van der Waals surface area contributed by atoms with E-state index in [1.165, 1.54) is 11.3 Å². The van der Waals surface area contributed by atoms with E-state index in [1.54, 1.807) is 30.6 Å². The number of nitrogens with zero attached hydrogens (tertiary/aromatic N) is 2. The van der Waals surface area contributed by atoms with Crippen molar-refractivity contribution >= 4 is 35.0 Å². The zero-order valence-corrected chi connectivity index (χ0v) is 26.5. The van der Waals surface area contributed by atoms with E-state index in [0.717, 1.165) is 11.1 Å². The number of allylic oxidation sites excluding steroid dienone is 1. The maximum absolute atomic E-state index is 14.1. The minimum atomic E-state index is -0.779. The van der Waals surface area contributed by atoms with Gasteiger partial charge in [0.2, 0.25) is 0 Å². The number of hydrogen-bond donors (Lipinski definition) is 0. The molecule has 1 atom stereocenters. The molecule has 1 aromatic heterocycles. The number of benzene rings is 3. The first-order valence-electron chi connectivity index (χ1n) is 14.4. The number of thiazole rings is 1. The Morgan fingerprint density at radius 3 is 2.39 bits per heavy atom. The summed E-state index contributed by atoms with van der Waals surface area (Å²) < 4.78 is 25.2. The van der Waals surface area contributed by atoms with Gasteiger partial charge in [-0.1, -0.05) is 59.3 Å². The largest absolute Gasteiger partial charge is 0.490 e. The minimum Gasteiger partial charge on any atom is -0.490 e. The second-order valence-electron chi connectivity index (χ2n) is 9.83. The molecular formula is C34H33ClN2O6S.